The first kappa shape index (κ1) is 14.6. The topological polar surface area (TPSA) is 75.4 Å². The minimum atomic E-state index is -0.917. The van der Waals surface area contributed by atoms with E-state index < -0.39 is 12.9 Å². The fourth-order valence-corrected chi connectivity index (χ4v) is 2.67. The van der Waals surface area contributed by atoms with Crippen LogP contribution in [0.2, 0.25) is 0 Å². The molecular formula is C17H10BFN2O3. The molecule has 0 fully saturated rings. The molecule has 0 radical (unpaired) electrons. The van der Waals surface area contributed by atoms with E-state index in [1.807, 2.05) is 6.07 Å². The van der Waals surface area contributed by atoms with Gasteiger partial charge in [-0.25, -0.2) is 9.37 Å². The fraction of sp³-hybridized carbons (Fsp3) is 0.0588. The van der Waals surface area contributed by atoms with Crippen LogP contribution in [0.5, 0.6) is 11.6 Å². The molecule has 2 aromatic carbocycles. The van der Waals surface area contributed by atoms with Crippen LogP contribution in [0.3, 0.4) is 0 Å². The normalized spacial score (nSPS) is 13.0. The summed E-state index contributed by atoms with van der Waals surface area (Å²) < 4.78 is 25.0. The number of hydrogen-bond donors (Lipinski definition) is 1. The molecule has 116 valence electrons. The van der Waals surface area contributed by atoms with Crippen molar-refractivity contribution in [3.8, 4) is 17.7 Å². The highest BCUT2D eigenvalue weighted by atomic mass is 19.1. The average molecular weight is 320 g/mol. The Labute approximate surface area is 137 Å². The van der Waals surface area contributed by atoms with Gasteiger partial charge < -0.3 is 14.4 Å². The third-order valence-corrected chi connectivity index (χ3v) is 3.86. The Morgan fingerprint density at radius 2 is 2.12 bits per heavy atom. The van der Waals surface area contributed by atoms with Crippen molar-refractivity contribution >= 4 is 23.5 Å². The summed E-state index contributed by atoms with van der Waals surface area (Å²) in [6.45, 7) is 0.296. The lowest BCUT2D eigenvalue weighted by Gasteiger charge is -2.08. The zero-order valence-corrected chi connectivity index (χ0v) is 12.4. The van der Waals surface area contributed by atoms with Crippen LogP contribution in [0.15, 0.2) is 42.5 Å². The Kier molecular flexibility index (Phi) is 3.42. The summed E-state index contributed by atoms with van der Waals surface area (Å²) >= 11 is 0. The number of nitriles is 1. The summed E-state index contributed by atoms with van der Waals surface area (Å²) in [6.07, 6.45) is 0. The van der Waals surface area contributed by atoms with Crippen molar-refractivity contribution in [1.29, 1.82) is 5.26 Å². The smallest absolute Gasteiger partial charge is 0.439 e. The largest absolute Gasteiger partial charge is 0.491 e. The molecule has 1 aliphatic heterocycles. The van der Waals surface area contributed by atoms with Gasteiger partial charge in [0.25, 0.3) is 0 Å². The van der Waals surface area contributed by atoms with Crippen LogP contribution in [-0.2, 0) is 11.3 Å². The van der Waals surface area contributed by atoms with Crippen molar-refractivity contribution in [2.75, 3.05) is 0 Å². The first-order valence-corrected chi connectivity index (χ1v) is 7.25. The molecule has 0 amide bonds. The fourth-order valence-electron chi connectivity index (χ4n) is 2.67. The van der Waals surface area contributed by atoms with E-state index in [9.17, 15) is 9.41 Å². The third-order valence-electron chi connectivity index (χ3n) is 3.86. The van der Waals surface area contributed by atoms with E-state index >= 15 is 0 Å². The monoisotopic (exact) mass is 320 g/mol. The van der Waals surface area contributed by atoms with E-state index in [4.69, 9.17) is 14.7 Å². The maximum Gasteiger partial charge on any atom is 0.491 e. The van der Waals surface area contributed by atoms with Crippen molar-refractivity contribution in [1.82, 2.24) is 4.98 Å². The standard InChI is InChI=1S/C17H10BFN2O3/c19-15-7-17(21-16-4-1-10(8-20)5-13(15)16)24-12-2-3-14-11(6-12)9-23-18(14)22/h1-7,22H,9H2. The molecule has 4 rings (SSSR count). The van der Waals surface area contributed by atoms with Crippen molar-refractivity contribution in [2.24, 2.45) is 0 Å². The highest BCUT2D eigenvalue weighted by Crippen LogP contribution is 2.26. The lowest BCUT2D eigenvalue weighted by Crippen LogP contribution is -2.27. The van der Waals surface area contributed by atoms with Crippen molar-refractivity contribution in [3.05, 3.63) is 59.4 Å². The number of halogens is 1. The highest BCUT2D eigenvalue weighted by molar-refractivity contribution is 6.61. The Morgan fingerprint density at radius 3 is 2.96 bits per heavy atom. The summed E-state index contributed by atoms with van der Waals surface area (Å²) in [7, 11) is -0.917. The average Bonchev–Trinajstić information content (AvgIpc) is 2.95. The lowest BCUT2D eigenvalue weighted by atomic mass is 9.80. The van der Waals surface area contributed by atoms with Crippen LogP contribution in [0.25, 0.3) is 10.9 Å². The summed E-state index contributed by atoms with van der Waals surface area (Å²) in [6, 6.07) is 12.9. The number of hydrogen-bond acceptors (Lipinski definition) is 5. The second-order valence-corrected chi connectivity index (χ2v) is 5.41. The molecule has 1 aromatic heterocycles. The third kappa shape index (κ3) is 2.48. The van der Waals surface area contributed by atoms with Crippen LogP contribution >= 0.6 is 0 Å². The van der Waals surface area contributed by atoms with Gasteiger partial charge in [0.1, 0.15) is 11.6 Å². The van der Waals surface area contributed by atoms with Crippen LogP contribution in [0.4, 0.5) is 4.39 Å². The van der Waals surface area contributed by atoms with Crippen molar-refractivity contribution in [3.63, 3.8) is 0 Å². The summed E-state index contributed by atoms with van der Waals surface area (Å²) in [4.78, 5) is 4.26. The van der Waals surface area contributed by atoms with Crippen LogP contribution in [0.1, 0.15) is 11.1 Å². The van der Waals surface area contributed by atoms with Gasteiger partial charge in [-0.3, -0.25) is 0 Å². The second-order valence-electron chi connectivity index (χ2n) is 5.41. The SMILES string of the molecule is N#Cc1ccc2nc(Oc3ccc4c(c3)COB4O)cc(F)c2c1. The number of nitrogens with zero attached hydrogens (tertiary/aromatic N) is 2. The first-order chi connectivity index (χ1) is 11.6. The van der Waals surface area contributed by atoms with Gasteiger partial charge in [0.15, 0.2) is 0 Å². The van der Waals surface area contributed by atoms with Crippen molar-refractivity contribution < 1.29 is 18.8 Å². The zero-order chi connectivity index (χ0) is 16.7. The molecule has 2 heterocycles. The number of pyridine rings is 1. The summed E-state index contributed by atoms with van der Waals surface area (Å²) in [5.74, 6) is 0.0856. The second kappa shape index (κ2) is 5.60. The van der Waals surface area contributed by atoms with E-state index in [1.165, 1.54) is 12.1 Å². The number of rotatable bonds is 2. The molecule has 3 aromatic rings. The van der Waals surface area contributed by atoms with E-state index in [2.05, 4.69) is 4.98 Å². The van der Waals surface area contributed by atoms with Crippen LogP contribution in [-0.4, -0.2) is 17.1 Å². The molecule has 1 aliphatic rings. The quantitative estimate of drug-likeness (QED) is 0.733. The van der Waals surface area contributed by atoms with Gasteiger partial charge in [-0.1, -0.05) is 6.07 Å². The Morgan fingerprint density at radius 1 is 1.25 bits per heavy atom. The Hall–Kier alpha value is -2.95. The molecule has 0 saturated carbocycles. The van der Waals surface area contributed by atoms with Crippen LogP contribution in [0, 0.1) is 17.1 Å². The van der Waals surface area contributed by atoms with Crippen molar-refractivity contribution in [2.45, 2.75) is 6.61 Å². The molecule has 24 heavy (non-hydrogen) atoms. The van der Waals surface area contributed by atoms with Gasteiger partial charge in [0, 0.05) is 11.5 Å². The maximum absolute atomic E-state index is 14.3. The first-order valence-electron chi connectivity index (χ1n) is 7.25. The molecule has 0 spiro atoms. The van der Waals surface area contributed by atoms with Crippen LogP contribution < -0.4 is 10.2 Å². The maximum atomic E-state index is 14.3. The van der Waals surface area contributed by atoms with Gasteiger partial charge in [0.2, 0.25) is 5.88 Å². The van der Waals surface area contributed by atoms with E-state index in [0.717, 1.165) is 5.56 Å². The number of ether oxygens (including phenoxy) is 1. The van der Waals surface area contributed by atoms with Gasteiger partial charge in [-0.15, -0.1) is 0 Å². The predicted molar refractivity (Wildman–Crippen MR) is 85.3 cm³/mol. The van der Waals surface area contributed by atoms with E-state index in [1.54, 1.807) is 30.3 Å². The van der Waals surface area contributed by atoms with Gasteiger partial charge in [-0.05, 0) is 41.4 Å². The summed E-state index contributed by atoms with van der Waals surface area (Å²) in [5.41, 5.74) is 2.29. The summed E-state index contributed by atoms with van der Waals surface area (Å²) in [5, 5.41) is 18.8. The molecule has 0 aliphatic carbocycles. The molecular weight excluding hydrogens is 310 g/mol. The number of aromatic nitrogens is 1. The molecule has 0 bridgehead atoms. The van der Waals surface area contributed by atoms with Gasteiger partial charge in [0.05, 0.1) is 23.8 Å². The number of benzene rings is 2. The minimum absolute atomic E-state index is 0.115. The predicted octanol–water partition coefficient (Wildman–Crippen LogP) is 2.26. The molecule has 0 atom stereocenters. The molecule has 7 heteroatoms. The Balaban J connectivity index is 1.69. The zero-order valence-electron chi connectivity index (χ0n) is 12.4. The molecule has 0 unspecified atom stereocenters. The molecule has 5 nitrogen and oxygen atoms in total. The molecule has 0 saturated heterocycles. The number of fused-ring (bicyclic) bond motifs is 2. The Bertz CT molecular complexity index is 1000. The van der Waals surface area contributed by atoms with Gasteiger partial charge >= 0.3 is 7.12 Å². The van der Waals surface area contributed by atoms with E-state index in [0.29, 0.717) is 28.9 Å². The lowest BCUT2D eigenvalue weighted by molar-refractivity contribution is 0.275. The molecule has 1 N–H and O–H groups in total. The minimum Gasteiger partial charge on any atom is -0.439 e. The highest BCUT2D eigenvalue weighted by Gasteiger charge is 2.27. The van der Waals surface area contributed by atoms with Gasteiger partial charge in [-0.2, -0.15) is 5.26 Å². The van der Waals surface area contributed by atoms with E-state index in [-0.39, 0.29) is 11.3 Å².